The van der Waals surface area contributed by atoms with Gasteiger partial charge < -0.3 is 9.64 Å². The molecule has 1 fully saturated rings. The van der Waals surface area contributed by atoms with Crippen molar-refractivity contribution in [1.82, 2.24) is 4.90 Å². The topological polar surface area (TPSA) is 29.5 Å². The standard InChI is InChI=1S/C15H15ClFNO2S/c1-9-8-20-12(6-16)7-18(9)15(19)14-4-10-2-3-11(17)5-13(10)21-14/h2-5,9,12H,6-8H2,1H3. The maximum atomic E-state index is 13.2. The van der Waals surface area contributed by atoms with E-state index in [1.807, 2.05) is 13.0 Å². The van der Waals surface area contributed by atoms with Crippen molar-refractivity contribution in [2.75, 3.05) is 19.0 Å². The number of carbonyl (C=O) groups is 1. The van der Waals surface area contributed by atoms with Gasteiger partial charge in [0.15, 0.2) is 0 Å². The van der Waals surface area contributed by atoms with E-state index in [4.69, 9.17) is 16.3 Å². The molecule has 2 aromatic rings. The quantitative estimate of drug-likeness (QED) is 0.790. The molecule has 0 N–H and O–H groups in total. The largest absolute Gasteiger partial charge is 0.373 e. The van der Waals surface area contributed by atoms with Crippen LogP contribution in [0.5, 0.6) is 0 Å². The monoisotopic (exact) mass is 327 g/mol. The van der Waals surface area contributed by atoms with Crippen LogP contribution < -0.4 is 0 Å². The third kappa shape index (κ3) is 2.91. The van der Waals surface area contributed by atoms with E-state index in [0.29, 0.717) is 23.9 Å². The molecule has 0 spiro atoms. The van der Waals surface area contributed by atoms with Crippen molar-refractivity contribution < 1.29 is 13.9 Å². The number of benzene rings is 1. The van der Waals surface area contributed by atoms with E-state index < -0.39 is 0 Å². The molecule has 2 heterocycles. The van der Waals surface area contributed by atoms with E-state index in [9.17, 15) is 9.18 Å². The fourth-order valence-corrected chi connectivity index (χ4v) is 3.68. The Hall–Kier alpha value is -1.17. The van der Waals surface area contributed by atoms with Gasteiger partial charge in [-0.3, -0.25) is 4.79 Å². The minimum Gasteiger partial charge on any atom is -0.373 e. The van der Waals surface area contributed by atoms with Crippen molar-refractivity contribution in [2.45, 2.75) is 19.1 Å². The number of hydrogen-bond donors (Lipinski definition) is 0. The summed E-state index contributed by atoms with van der Waals surface area (Å²) in [4.78, 5) is 15.1. The van der Waals surface area contributed by atoms with Gasteiger partial charge >= 0.3 is 0 Å². The highest BCUT2D eigenvalue weighted by molar-refractivity contribution is 7.20. The normalized spacial score (nSPS) is 22.7. The first-order chi connectivity index (χ1) is 10.1. The third-order valence-corrected chi connectivity index (χ3v) is 5.06. The van der Waals surface area contributed by atoms with Crippen LogP contribution >= 0.6 is 22.9 Å². The lowest BCUT2D eigenvalue weighted by Crippen LogP contribution is -2.51. The Balaban J connectivity index is 1.88. The van der Waals surface area contributed by atoms with Crippen LogP contribution in [0.25, 0.3) is 10.1 Å². The van der Waals surface area contributed by atoms with Crippen molar-refractivity contribution in [1.29, 1.82) is 0 Å². The number of halogens is 2. The second-order valence-electron chi connectivity index (χ2n) is 5.21. The number of nitrogens with zero attached hydrogens (tertiary/aromatic N) is 1. The van der Waals surface area contributed by atoms with Crippen LogP contribution in [0.2, 0.25) is 0 Å². The number of fused-ring (bicyclic) bond motifs is 1. The lowest BCUT2D eigenvalue weighted by molar-refractivity contribution is -0.0370. The van der Waals surface area contributed by atoms with Gasteiger partial charge in [0.2, 0.25) is 0 Å². The summed E-state index contributed by atoms with van der Waals surface area (Å²) in [7, 11) is 0. The Labute approximate surface area is 131 Å². The lowest BCUT2D eigenvalue weighted by atomic mass is 10.2. The van der Waals surface area contributed by atoms with Crippen molar-refractivity contribution in [2.24, 2.45) is 0 Å². The summed E-state index contributed by atoms with van der Waals surface area (Å²) >= 11 is 7.14. The Morgan fingerprint density at radius 1 is 1.52 bits per heavy atom. The van der Waals surface area contributed by atoms with Crippen LogP contribution in [0.3, 0.4) is 0 Å². The molecule has 1 saturated heterocycles. The zero-order chi connectivity index (χ0) is 15.0. The predicted molar refractivity (Wildman–Crippen MR) is 82.7 cm³/mol. The Bertz CT molecular complexity index is 675. The number of morpholine rings is 1. The van der Waals surface area contributed by atoms with Gasteiger partial charge in [0.1, 0.15) is 5.82 Å². The SMILES string of the molecule is CC1COC(CCl)CN1C(=O)c1cc2ccc(F)cc2s1. The molecule has 1 aromatic heterocycles. The molecule has 112 valence electrons. The van der Waals surface area contributed by atoms with E-state index in [-0.39, 0.29) is 23.9 Å². The maximum Gasteiger partial charge on any atom is 0.264 e. The van der Waals surface area contributed by atoms with Gasteiger partial charge in [-0.2, -0.15) is 0 Å². The molecule has 21 heavy (non-hydrogen) atoms. The molecule has 6 heteroatoms. The van der Waals surface area contributed by atoms with E-state index in [1.165, 1.54) is 23.5 Å². The van der Waals surface area contributed by atoms with Crippen LogP contribution in [0.4, 0.5) is 4.39 Å². The minimum absolute atomic E-state index is 0.0129. The summed E-state index contributed by atoms with van der Waals surface area (Å²) in [5, 5.41) is 0.888. The first-order valence-electron chi connectivity index (χ1n) is 6.76. The van der Waals surface area contributed by atoms with Crippen molar-refractivity contribution in [3.8, 4) is 0 Å². The molecule has 0 saturated carbocycles. The van der Waals surface area contributed by atoms with E-state index in [1.54, 1.807) is 11.0 Å². The summed E-state index contributed by atoms with van der Waals surface area (Å²) < 4.78 is 19.6. The molecule has 1 amide bonds. The average molecular weight is 328 g/mol. The number of hydrogen-bond acceptors (Lipinski definition) is 3. The van der Waals surface area contributed by atoms with Crippen LogP contribution in [0, 0.1) is 5.82 Å². The fourth-order valence-electron chi connectivity index (χ4n) is 2.45. The number of carbonyl (C=O) groups excluding carboxylic acids is 1. The zero-order valence-corrected chi connectivity index (χ0v) is 13.1. The summed E-state index contributed by atoms with van der Waals surface area (Å²) in [6.45, 7) is 2.93. The highest BCUT2D eigenvalue weighted by atomic mass is 35.5. The maximum absolute atomic E-state index is 13.2. The van der Waals surface area contributed by atoms with Crippen LogP contribution in [0.15, 0.2) is 24.3 Å². The highest BCUT2D eigenvalue weighted by Gasteiger charge is 2.30. The van der Waals surface area contributed by atoms with Gasteiger partial charge in [0.05, 0.1) is 29.5 Å². The minimum atomic E-state index is -0.287. The summed E-state index contributed by atoms with van der Waals surface area (Å²) in [5.74, 6) is 0.0431. The van der Waals surface area contributed by atoms with Gasteiger partial charge in [0.25, 0.3) is 5.91 Å². The number of amides is 1. The van der Waals surface area contributed by atoms with E-state index in [2.05, 4.69) is 0 Å². The second-order valence-corrected chi connectivity index (χ2v) is 6.60. The molecule has 1 aliphatic heterocycles. The molecule has 0 radical (unpaired) electrons. The molecular formula is C15H15ClFNO2S. The number of thiophene rings is 1. The van der Waals surface area contributed by atoms with E-state index in [0.717, 1.165) is 10.1 Å². The second kappa shape index (κ2) is 5.91. The average Bonchev–Trinajstić information content (AvgIpc) is 2.90. The number of ether oxygens (including phenoxy) is 1. The van der Waals surface area contributed by atoms with Crippen LogP contribution in [-0.4, -0.2) is 42.0 Å². The molecule has 2 unspecified atom stereocenters. The highest BCUT2D eigenvalue weighted by Crippen LogP contribution is 2.28. The molecule has 3 rings (SSSR count). The van der Waals surface area contributed by atoms with Crippen LogP contribution in [-0.2, 0) is 4.74 Å². The molecular weight excluding hydrogens is 313 g/mol. The molecule has 0 aliphatic carbocycles. The van der Waals surface area contributed by atoms with Gasteiger partial charge in [-0.15, -0.1) is 22.9 Å². The zero-order valence-electron chi connectivity index (χ0n) is 11.5. The fraction of sp³-hybridized carbons (Fsp3) is 0.400. The molecule has 1 aliphatic rings. The van der Waals surface area contributed by atoms with Crippen LogP contribution in [0.1, 0.15) is 16.6 Å². The summed E-state index contributed by atoms with van der Waals surface area (Å²) in [6.07, 6.45) is -0.126. The van der Waals surface area contributed by atoms with Gasteiger partial charge in [-0.1, -0.05) is 6.07 Å². The lowest BCUT2D eigenvalue weighted by Gasteiger charge is -2.37. The predicted octanol–water partition coefficient (Wildman–Crippen LogP) is 3.51. The first-order valence-corrected chi connectivity index (χ1v) is 8.11. The molecule has 2 atom stereocenters. The van der Waals surface area contributed by atoms with Gasteiger partial charge in [0, 0.05) is 11.2 Å². The summed E-state index contributed by atoms with van der Waals surface area (Å²) in [6, 6.07) is 6.40. The molecule has 3 nitrogen and oxygen atoms in total. The van der Waals surface area contributed by atoms with E-state index >= 15 is 0 Å². The first kappa shape index (κ1) is 14.8. The summed E-state index contributed by atoms with van der Waals surface area (Å²) in [5.41, 5.74) is 0. The Morgan fingerprint density at radius 2 is 2.33 bits per heavy atom. The Kier molecular flexibility index (Phi) is 4.15. The van der Waals surface area contributed by atoms with Gasteiger partial charge in [-0.05, 0) is 30.5 Å². The number of rotatable bonds is 2. The van der Waals surface area contributed by atoms with Crippen molar-refractivity contribution in [3.05, 3.63) is 35.0 Å². The number of alkyl halides is 1. The van der Waals surface area contributed by atoms with Crippen molar-refractivity contribution in [3.63, 3.8) is 0 Å². The smallest absolute Gasteiger partial charge is 0.264 e. The molecule has 0 bridgehead atoms. The molecule has 1 aromatic carbocycles. The Morgan fingerprint density at radius 3 is 3.10 bits per heavy atom. The third-order valence-electron chi connectivity index (χ3n) is 3.63. The van der Waals surface area contributed by atoms with Crippen molar-refractivity contribution >= 4 is 38.9 Å². The van der Waals surface area contributed by atoms with Gasteiger partial charge in [-0.25, -0.2) is 4.39 Å².